The number of carbonyl (C=O) groups is 1. The molecule has 2 heterocycles. The van der Waals surface area contributed by atoms with E-state index in [2.05, 4.69) is 22.2 Å². The van der Waals surface area contributed by atoms with Crippen LogP contribution in [0.15, 0.2) is 53.1 Å². The van der Waals surface area contributed by atoms with Gasteiger partial charge in [-0.05, 0) is 50.7 Å². The second-order valence-electron chi connectivity index (χ2n) is 6.56. The molecule has 0 aliphatic carbocycles. The van der Waals surface area contributed by atoms with Crippen molar-refractivity contribution < 1.29 is 9.21 Å². The smallest absolute Gasteiger partial charge is 0.256 e. The van der Waals surface area contributed by atoms with Crippen molar-refractivity contribution in [2.24, 2.45) is 7.05 Å². The minimum absolute atomic E-state index is 0.142. The Morgan fingerprint density at radius 3 is 2.77 bits per heavy atom. The Labute approximate surface area is 153 Å². The first-order valence-electron chi connectivity index (χ1n) is 8.58. The number of nitrogens with zero attached hydrogens (tertiary/aromatic N) is 3. The normalized spacial score (nSPS) is 12.3. The predicted molar refractivity (Wildman–Crippen MR) is 101 cm³/mol. The zero-order valence-electron chi connectivity index (χ0n) is 15.6. The molecule has 136 valence electrons. The number of hydrogen-bond donors (Lipinski definition) is 1. The molecule has 26 heavy (non-hydrogen) atoms. The number of furan rings is 1. The fourth-order valence-electron chi connectivity index (χ4n) is 2.90. The fourth-order valence-corrected chi connectivity index (χ4v) is 2.90. The van der Waals surface area contributed by atoms with Crippen molar-refractivity contribution in [2.45, 2.75) is 26.4 Å². The standard InChI is InChI=1S/C20H24N4O2/c1-14-11-19(24(4)22-14)21-20(25)17-8-5-7-16(12-17)13-23(3)15(2)18-9-6-10-26-18/h5-12,15H,13H2,1-4H3,(H,21,25). The van der Waals surface area contributed by atoms with Gasteiger partial charge in [-0.3, -0.25) is 14.4 Å². The van der Waals surface area contributed by atoms with Gasteiger partial charge in [0.05, 0.1) is 18.0 Å². The highest BCUT2D eigenvalue weighted by atomic mass is 16.3. The van der Waals surface area contributed by atoms with Crippen molar-refractivity contribution in [1.29, 1.82) is 0 Å². The molecule has 0 radical (unpaired) electrons. The molecule has 1 unspecified atom stereocenters. The number of nitrogens with one attached hydrogen (secondary N) is 1. The zero-order chi connectivity index (χ0) is 18.7. The maximum Gasteiger partial charge on any atom is 0.256 e. The minimum atomic E-state index is -0.142. The summed E-state index contributed by atoms with van der Waals surface area (Å²) < 4.78 is 7.14. The van der Waals surface area contributed by atoms with Gasteiger partial charge in [0.25, 0.3) is 5.91 Å². The molecule has 1 amide bonds. The van der Waals surface area contributed by atoms with Crippen molar-refractivity contribution in [3.63, 3.8) is 0 Å². The van der Waals surface area contributed by atoms with Crippen LogP contribution in [-0.4, -0.2) is 27.6 Å². The van der Waals surface area contributed by atoms with Gasteiger partial charge < -0.3 is 9.73 Å². The van der Waals surface area contributed by atoms with Crippen LogP contribution in [0, 0.1) is 6.92 Å². The van der Waals surface area contributed by atoms with E-state index < -0.39 is 0 Å². The molecule has 1 atom stereocenters. The van der Waals surface area contributed by atoms with Crippen LogP contribution in [0.5, 0.6) is 0 Å². The van der Waals surface area contributed by atoms with E-state index >= 15 is 0 Å². The molecule has 1 aromatic carbocycles. The maximum atomic E-state index is 12.6. The lowest BCUT2D eigenvalue weighted by atomic mass is 10.1. The van der Waals surface area contributed by atoms with Crippen molar-refractivity contribution in [3.05, 3.63) is 71.3 Å². The van der Waals surface area contributed by atoms with Crippen molar-refractivity contribution in [2.75, 3.05) is 12.4 Å². The molecule has 0 spiro atoms. The van der Waals surface area contributed by atoms with E-state index in [4.69, 9.17) is 4.42 Å². The highest BCUT2D eigenvalue weighted by molar-refractivity contribution is 6.03. The van der Waals surface area contributed by atoms with E-state index in [1.54, 1.807) is 10.9 Å². The molecule has 0 aliphatic rings. The van der Waals surface area contributed by atoms with Crippen LogP contribution >= 0.6 is 0 Å². The first kappa shape index (κ1) is 17.9. The highest BCUT2D eigenvalue weighted by Crippen LogP contribution is 2.21. The largest absolute Gasteiger partial charge is 0.468 e. The number of benzene rings is 1. The summed E-state index contributed by atoms with van der Waals surface area (Å²) in [6.07, 6.45) is 1.69. The van der Waals surface area contributed by atoms with Crippen molar-refractivity contribution in [3.8, 4) is 0 Å². The molecule has 0 saturated heterocycles. The van der Waals surface area contributed by atoms with Crippen LogP contribution in [0.1, 0.15) is 40.3 Å². The zero-order valence-corrected chi connectivity index (χ0v) is 15.6. The van der Waals surface area contributed by atoms with Gasteiger partial charge in [0, 0.05) is 25.2 Å². The Morgan fingerprint density at radius 2 is 2.12 bits per heavy atom. The third-order valence-electron chi connectivity index (χ3n) is 4.48. The summed E-state index contributed by atoms with van der Waals surface area (Å²) in [6.45, 7) is 4.71. The number of amides is 1. The summed E-state index contributed by atoms with van der Waals surface area (Å²) in [6, 6.07) is 13.5. The van der Waals surface area contributed by atoms with E-state index in [0.29, 0.717) is 17.9 Å². The molecule has 0 bridgehead atoms. The Kier molecular flexibility index (Phi) is 5.23. The minimum Gasteiger partial charge on any atom is -0.468 e. The van der Waals surface area contributed by atoms with Crippen LogP contribution in [0.4, 0.5) is 5.82 Å². The summed E-state index contributed by atoms with van der Waals surface area (Å²) in [4.78, 5) is 14.7. The quantitative estimate of drug-likeness (QED) is 0.733. The SMILES string of the molecule is Cc1cc(NC(=O)c2cccc(CN(C)C(C)c3ccco3)c2)n(C)n1. The van der Waals surface area contributed by atoms with E-state index in [1.807, 2.05) is 63.5 Å². The van der Waals surface area contributed by atoms with Gasteiger partial charge in [-0.1, -0.05) is 12.1 Å². The third kappa shape index (κ3) is 4.03. The topological polar surface area (TPSA) is 63.3 Å². The lowest BCUT2D eigenvalue weighted by Crippen LogP contribution is -2.22. The Balaban J connectivity index is 1.69. The Bertz CT molecular complexity index is 883. The van der Waals surface area contributed by atoms with Crippen LogP contribution in [0.2, 0.25) is 0 Å². The third-order valence-corrected chi connectivity index (χ3v) is 4.48. The van der Waals surface area contributed by atoms with Gasteiger partial charge in [-0.15, -0.1) is 0 Å². The number of aryl methyl sites for hydroxylation is 2. The lowest BCUT2D eigenvalue weighted by molar-refractivity contribution is 0.102. The van der Waals surface area contributed by atoms with E-state index in [0.717, 1.165) is 17.0 Å². The molecule has 0 aliphatic heterocycles. The van der Waals surface area contributed by atoms with Gasteiger partial charge in [0.15, 0.2) is 0 Å². The molecular weight excluding hydrogens is 328 g/mol. The van der Waals surface area contributed by atoms with E-state index in [-0.39, 0.29) is 11.9 Å². The number of aromatic nitrogens is 2. The fraction of sp³-hybridized carbons (Fsp3) is 0.300. The molecule has 0 saturated carbocycles. The molecule has 1 N–H and O–H groups in total. The second-order valence-corrected chi connectivity index (χ2v) is 6.56. The van der Waals surface area contributed by atoms with Crippen LogP contribution in [0.3, 0.4) is 0 Å². The molecule has 3 aromatic rings. The van der Waals surface area contributed by atoms with E-state index in [9.17, 15) is 4.79 Å². The summed E-state index contributed by atoms with van der Waals surface area (Å²) in [7, 11) is 3.85. The highest BCUT2D eigenvalue weighted by Gasteiger charge is 2.15. The first-order valence-corrected chi connectivity index (χ1v) is 8.58. The van der Waals surface area contributed by atoms with Gasteiger partial charge in [0.1, 0.15) is 11.6 Å². The van der Waals surface area contributed by atoms with Crippen molar-refractivity contribution >= 4 is 11.7 Å². The Morgan fingerprint density at radius 1 is 1.31 bits per heavy atom. The molecule has 2 aromatic heterocycles. The number of hydrogen-bond acceptors (Lipinski definition) is 4. The molecule has 0 fully saturated rings. The average Bonchev–Trinajstić information content (AvgIpc) is 3.24. The Hall–Kier alpha value is -2.86. The number of anilines is 1. The lowest BCUT2D eigenvalue weighted by Gasteiger charge is -2.23. The van der Waals surface area contributed by atoms with Crippen LogP contribution in [-0.2, 0) is 13.6 Å². The van der Waals surface area contributed by atoms with Crippen LogP contribution < -0.4 is 5.32 Å². The maximum absolute atomic E-state index is 12.6. The van der Waals surface area contributed by atoms with Crippen LogP contribution in [0.25, 0.3) is 0 Å². The molecule has 6 heteroatoms. The summed E-state index contributed by atoms with van der Waals surface area (Å²) >= 11 is 0. The summed E-state index contributed by atoms with van der Waals surface area (Å²) in [5, 5.41) is 7.15. The summed E-state index contributed by atoms with van der Waals surface area (Å²) in [5.41, 5.74) is 2.56. The number of rotatable bonds is 6. The first-order chi connectivity index (χ1) is 12.4. The summed E-state index contributed by atoms with van der Waals surface area (Å²) in [5.74, 6) is 1.46. The second kappa shape index (κ2) is 7.58. The van der Waals surface area contributed by atoms with E-state index in [1.165, 1.54) is 0 Å². The molecular formula is C20H24N4O2. The van der Waals surface area contributed by atoms with Crippen molar-refractivity contribution in [1.82, 2.24) is 14.7 Å². The monoisotopic (exact) mass is 352 g/mol. The molecule has 3 rings (SSSR count). The van der Waals surface area contributed by atoms with Gasteiger partial charge >= 0.3 is 0 Å². The molecule has 6 nitrogen and oxygen atoms in total. The average molecular weight is 352 g/mol. The predicted octanol–water partition coefficient (Wildman–Crippen LogP) is 3.77. The number of carbonyl (C=O) groups excluding carboxylic acids is 1. The van der Waals surface area contributed by atoms with Gasteiger partial charge in [-0.2, -0.15) is 5.10 Å². The van der Waals surface area contributed by atoms with Gasteiger partial charge in [-0.25, -0.2) is 0 Å². The van der Waals surface area contributed by atoms with Gasteiger partial charge in [0.2, 0.25) is 0 Å².